The van der Waals surface area contributed by atoms with Crippen molar-refractivity contribution in [3.63, 3.8) is 0 Å². The van der Waals surface area contributed by atoms with Crippen molar-refractivity contribution in [3.05, 3.63) is 97.6 Å². The number of benzene rings is 2. The lowest BCUT2D eigenvalue weighted by Crippen LogP contribution is -2.08. The van der Waals surface area contributed by atoms with Gasteiger partial charge in [0.15, 0.2) is 0 Å². The van der Waals surface area contributed by atoms with Gasteiger partial charge >= 0.3 is 5.97 Å². The summed E-state index contributed by atoms with van der Waals surface area (Å²) >= 11 is 11.0. The Balaban J connectivity index is 1.92. The van der Waals surface area contributed by atoms with E-state index in [9.17, 15) is 9.59 Å². The molecule has 3 heterocycles. The number of nitrogens with zero attached hydrogens (tertiary/aromatic N) is 1. The summed E-state index contributed by atoms with van der Waals surface area (Å²) in [6.07, 6.45) is 1.95. The highest BCUT2D eigenvalue weighted by atomic mass is 79.9. The molecule has 0 saturated heterocycles. The fourth-order valence-electron chi connectivity index (χ4n) is 4.51. The van der Waals surface area contributed by atoms with E-state index in [1.54, 1.807) is 19.1 Å². The highest BCUT2D eigenvalue weighted by Gasteiger charge is 2.30. The lowest BCUT2D eigenvalue weighted by molar-refractivity contribution is 0.0521. The first-order chi connectivity index (χ1) is 16.8. The van der Waals surface area contributed by atoms with Crippen molar-refractivity contribution >= 4 is 66.2 Å². The number of pyridine rings is 1. The van der Waals surface area contributed by atoms with Crippen LogP contribution in [-0.2, 0) is 4.74 Å². The van der Waals surface area contributed by atoms with Crippen LogP contribution in [-0.4, -0.2) is 22.8 Å². The second kappa shape index (κ2) is 9.26. The predicted molar refractivity (Wildman–Crippen MR) is 146 cm³/mol. The molecule has 35 heavy (non-hydrogen) atoms. The van der Waals surface area contributed by atoms with E-state index in [0.717, 1.165) is 42.3 Å². The molecule has 0 N–H and O–H groups in total. The van der Waals surface area contributed by atoms with Crippen LogP contribution in [0.5, 0.6) is 0 Å². The number of ketones is 1. The third-order valence-electron chi connectivity index (χ3n) is 5.91. The Kier molecular flexibility index (Phi) is 6.30. The number of fused-ring (bicyclic) bond motifs is 3. The van der Waals surface area contributed by atoms with Crippen molar-refractivity contribution in [1.29, 1.82) is 0 Å². The van der Waals surface area contributed by atoms with Gasteiger partial charge in [0.25, 0.3) is 0 Å². The molecule has 0 aliphatic heterocycles. The smallest absolute Gasteiger partial charge is 0.356 e. The number of aromatic nitrogens is 1. The van der Waals surface area contributed by atoms with Crippen LogP contribution in [0, 0.1) is 13.8 Å². The predicted octanol–water partition coefficient (Wildman–Crippen LogP) is 8.26. The zero-order valence-corrected chi connectivity index (χ0v) is 22.5. The number of ether oxygens (including phenoxy) is 1. The molecule has 3 aromatic heterocycles. The second-order valence-electron chi connectivity index (χ2n) is 8.34. The van der Waals surface area contributed by atoms with Gasteiger partial charge in [-0.15, -0.1) is 11.3 Å². The van der Waals surface area contributed by atoms with Gasteiger partial charge in [0.1, 0.15) is 5.69 Å². The Labute approximate surface area is 220 Å². The minimum atomic E-state index is -0.408. The zero-order chi connectivity index (χ0) is 24.9. The first kappa shape index (κ1) is 23.8. The zero-order valence-electron chi connectivity index (χ0n) is 19.3. The van der Waals surface area contributed by atoms with Gasteiger partial charge in [0.05, 0.1) is 21.7 Å². The Morgan fingerprint density at radius 2 is 1.74 bits per heavy atom. The van der Waals surface area contributed by atoms with Crippen molar-refractivity contribution in [2.45, 2.75) is 20.8 Å². The number of aryl methyl sites for hydroxylation is 2. The maximum Gasteiger partial charge on any atom is 0.356 e. The average molecular weight is 567 g/mol. The maximum absolute atomic E-state index is 13.8. The van der Waals surface area contributed by atoms with E-state index in [1.807, 2.05) is 60.8 Å². The van der Waals surface area contributed by atoms with E-state index in [1.165, 1.54) is 11.3 Å². The number of esters is 1. The van der Waals surface area contributed by atoms with Crippen LogP contribution in [0.1, 0.15) is 43.8 Å². The third-order valence-corrected chi connectivity index (χ3v) is 7.88. The van der Waals surface area contributed by atoms with Gasteiger partial charge in [-0.05, 0) is 73.9 Å². The lowest BCUT2D eigenvalue weighted by Gasteiger charge is -2.09. The Morgan fingerprint density at radius 1 is 1.06 bits per heavy atom. The van der Waals surface area contributed by atoms with Crippen LogP contribution in [0.3, 0.4) is 0 Å². The largest absolute Gasteiger partial charge is 0.461 e. The van der Waals surface area contributed by atoms with Crippen molar-refractivity contribution < 1.29 is 14.3 Å². The molecule has 176 valence electrons. The number of carbonyl (C=O) groups excluding carboxylic acids is 2. The summed E-state index contributed by atoms with van der Waals surface area (Å²) in [7, 11) is 0. The monoisotopic (exact) mass is 565 g/mol. The van der Waals surface area contributed by atoms with Gasteiger partial charge in [-0.2, -0.15) is 0 Å². The average Bonchev–Trinajstić information content (AvgIpc) is 3.34. The molecule has 0 aliphatic carbocycles. The minimum absolute atomic E-state index is 0.0960. The molecular weight excluding hydrogens is 546 g/mol. The topological polar surface area (TPSA) is 47.8 Å². The van der Waals surface area contributed by atoms with Crippen LogP contribution < -0.4 is 0 Å². The molecule has 0 radical (unpaired) electrons. The summed E-state index contributed by atoms with van der Waals surface area (Å²) in [4.78, 5) is 27.6. The van der Waals surface area contributed by atoms with Crippen LogP contribution in [0.15, 0.2) is 65.3 Å². The number of carbonyl (C=O) groups is 2. The third kappa shape index (κ3) is 4.10. The molecule has 0 fully saturated rings. The van der Waals surface area contributed by atoms with Crippen LogP contribution in [0.2, 0.25) is 5.02 Å². The van der Waals surface area contributed by atoms with Gasteiger partial charge in [-0.1, -0.05) is 45.7 Å². The molecule has 0 aliphatic rings. The summed E-state index contributed by atoms with van der Waals surface area (Å²) in [5, 5.41) is 1.49. The van der Waals surface area contributed by atoms with Gasteiger partial charge in [0, 0.05) is 32.2 Å². The summed E-state index contributed by atoms with van der Waals surface area (Å²) in [5.74, 6) is -0.504. The normalized spacial score (nSPS) is 11.3. The van der Waals surface area contributed by atoms with Crippen LogP contribution in [0.4, 0.5) is 0 Å². The molecule has 2 aromatic carbocycles. The van der Waals surface area contributed by atoms with Crippen LogP contribution in [0.25, 0.3) is 26.7 Å². The second-order valence-corrected chi connectivity index (χ2v) is 10.7. The fraction of sp³-hybridized carbons (Fsp3) is 0.143. The number of hydrogen-bond donors (Lipinski definition) is 0. The number of hydrogen-bond acceptors (Lipinski definition) is 4. The van der Waals surface area contributed by atoms with E-state index in [2.05, 4.69) is 22.0 Å². The van der Waals surface area contributed by atoms with E-state index < -0.39 is 5.97 Å². The van der Waals surface area contributed by atoms with E-state index in [0.29, 0.717) is 21.2 Å². The van der Waals surface area contributed by atoms with Gasteiger partial charge < -0.3 is 9.14 Å². The van der Waals surface area contributed by atoms with Gasteiger partial charge in [-0.3, -0.25) is 4.79 Å². The number of halogens is 2. The number of thiophene rings is 1. The quantitative estimate of drug-likeness (QED) is 0.159. The molecule has 0 unspecified atom stereocenters. The molecule has 5 aromatic rings. The first-order valence-corrected chi connectivity index (χ1v) is 13.1. The fourth-order valence-corrected chi connectivity index (χ4v) is 6.21. The van der Waals surface area contributed by atoms with E-state index >= 15 is 0 Å². The molecule has 7 heteroatoms. The standard InChI is InChI=1S/C28H21BrClNO3S/c1-4-34-28(33)24-26-22(23-16(3)13-15(2)14-31(23)24)21(17-7-11-20(30)12-8-17)27(35-26)25(32)18-5-9-19(29)10-6-18/h5-14H,4H2,1-3H3. The highest BCUT2D eigenvalue weighted by molar-refractivity contribution is 9.10. The first-order valence-electron chi connectivity index (χ1n) is 11.1. The SMILES string of the molecule is CCOC(=O)c1c2sc(C(=O)c3ccc(Br)cc3)c(-c3ccc(Cl)cc3)c2c2c(C)cc(C)cn12. The maximum atomic E-state index is 13.8. The van der Waals surface area contributed by atoms with Gasteiger partial charge in [-0.25, -0.2) is 4.79 Å². The molecule has 4 nitrogen and oxygen atoms in total. The van der Waals surface area contributed by atoms with Gasteiger partial charge in [0.2, 0.25) is 5.78 Å². The number of rotatable bonds is 5. The van der Waals surface area contributed by atoms with Crippen molar-refractivity contribution in [2.75, 3.05) is 6.61 Å². The summed E-state index contributed by atoms with van der Waals surface area (Å²) in [6, 6.07) is 16.9. The molecular formula is C28H21BrClNO3S. The van der Waals surface area contributed by atoms with E-state index in [-0.39, 0.29) is 12.4 Å². The molecule has 0 atom stereocenters. The van der Waals surface area contributed by atoms with Crippen molar-refractivity contribution in [2.24, 2.45) is 0 Å². The van der Waals surface area contributed by atoms with Crippen molar-refractivity contribution in [3.8, 4) is 11.1 Å². The summed E-state index contributed by atoms with van der Waals surface area (Å²) in [6.45, 7) is 6.07. The minimum Gasteiger partial charge on any atom is -0.461 e. The van der Waals surface area contributed by atoms with Crippen LogP contribution >= 0.6 is 38.9 Å². The van der Waals surface area contributed by atoms with Crippen molar-refractivity contribution in [1.82, 2.24) is 4.40 Å². The molecule has 0 saturated carbocycles. The Hall–Kier alpha value is -2.93. The summed E-state index contributed by atoms with van der Waals surface area (Å²) in [5.41, 5.74) is 5.63. The molecule has 0 spiro atoms. The highest BCUT2D eigenvalue weighted by Crippen LogP contribution is 2.46. The molecule has 0 bridgehead atoms. The Bertz CT molecular complexity index is 1620. The molecule has 0 amide bonds. The summed E-state index contributed by atoms with van der Waals surface area (Å²) < 4.78 is 9.00. The van der Waals surface area contributed by atoms with E-state index in [4.69, 9.17) is 16.3 Å². The lowest BCUT2D eigenvalue weighted by atomic mass is 9.97. The molecule has 5 rings (SSSR count). The Morgan fingerprint density at radius 3 is 2.40 bits per heavy atom.